The highest BCUT2D eigenvalue weighted by Crippen LogP contribution is 2.25. The number of aromatic nitrogens is 1. The third-order valence-corrected chi connectivity index (χ3v) is 6.03. The molecule has 0 spiro atoms. The Kier molecular flexibility index (Phi) is 5.84. The maximum Gasteiger partial charge on any atom is 0.325 e. The van der Waals surface area contributed by atoms with E-state index in [0.29, 0.717) is 10.2 Å². The summed E-state index contributed by atoms with van der Waals surface area (Å²) in [6, 6.07) is 10.1. The fourth-order valence-electron chi connectivity index (χ4n) is 3.40. The van der Waals surface area contributed by atoms with Crippen LogP contribution in [0.25, 0.3) is 10.2 Å². The van der Waals surface area contributed by atoms with Crippen molar-refractivity contribution < 1.29 is 28.8 Å². The highest BCUT2D eigenvalue weighted by Gasteiger charge is 2.30. The number of nitro benzene ring substituents is 1. The van der Waals surface area contributed by atoms with Crippen LogP contribution >= 0.6 is 11.3 Å². The molecule has 33 heavy (non-hydrogen) atoms. The Labute approximate surface area is 189 Å². The zero-order valence-corrected chi connectivity index (χ0v) is 18.0. The fraction of sp³-hybridized carbons (Fsp3) is 0.190. The molecule has 0 N–H and O–H groups in total. The third-order valence-electron chi connectivity index (χ3n) is 4.99. The van der Waals surface area contributed by atoms with Crippen LogP contribution in [0, 0.1) is 10.1 Å². The second kappa shape index (κ2) is 8.74. The van der Waals surface area contributed by atoms with Crippen LogP contribution in [-0.2, 0) is 25.7 Å². The number of carbonyl (C=O) groups excluding carboxylic acids is 4. The van der Waals surface area contributed by atoms with Gasteiger partial charge in [-0.2, -0.15) is 4.99 Å². The van der Waals surface area contributed by atoms with Crippen molar-refractivity contribution in [1.29, 1.82) is 0 Å². The Morgan fingerprint density at radius 1 is 1.15 bits per heavy atom. The number of amides is 3. The van der Waals surface area contributed by atoms with Crippen LogP contribution in [0.1, 0.15) is 23.2 Å². The number of nitro groups is 1. The Morgan fingerprint density at radius 3 is 2.55 bits per heavy atom. The van der Waals surface area contributed by atoms with Gasteiger partial charge in [0.25, 0.3) is 11.6 Å². The smallest absolute Gasteiger partial charge is 0.325 e. The van der Waals surface area contributed by atoms with Crippen molar-refractivity contribution >= 4 is 56.6 Å². The average molecular weight is 468 g/mol. The lowest BCUT2D eigenvalue weighted by Gasteiger charge is -2.14. The molecule has 168 valence electrons. The number of non-ortho nitro benzene ring substituents is 1. The Balaban J connectivity index is 1.78. The normalized spacial score (nSPS) is 14.2. The van der Waals surface area contributed by atoms with Crippen molar-refractivity contribution in [2.24, 2.45) is 4.99 Å². The van der Waals surface area contributed by atoms with Gasteiger partial charge in [0, 0.05) is 30.5 Å². The van der Waals surface area contributed by atoms with Crippen LogP contribution in [0.4, 0.5) is 11.4 Å². The van der Waals surface area contributed by atoms with E-state index in [1.807, 2.05) is 0 Å². The van der Waals surface area contributed by atoms with Crippen LogP contribution in [0.2, 0.25) is 0 Å². The minimum Gasteiger partial charge on any atom is -0.468 e. The molecule has 1 aliphatic rings. The van der Waals surface area contributed by atoms with Gasteiger partial charge >= 0.3 is 5.97 Å². The predicted molar refractivity (Wildman–Crippen MR) is 117 cm³/mol. The molecule has 0 bridgehead atoms. The van der Waals surface area contributed by atoms with Gasteiger partial charge in [-0.3, -0.25) is 34.2 Å². The first-order valence-corrected chi connectivity index (χ1v) is 10.5. The van der Waals surface area contributed by atoms with E-state index in [9.17, 15) is 29.3 Å². The van der Waals surface area contributed by atoms with Crippen molar-refractivity contribution in [3.63, 3.8) is 0 Å². The van der Waals surface area contributed by atoms with Gasteiger partial charge in [-0.25, -0.2) is 0 Å². The van der Waals surface area contributed by atoms with Crippen LogP contribution in [0.3, 0.4) is 0 Å². The summed E-state index contributed by atoms with van der Waals surface area (Å²) in [5.41, 5.74) is 0.745. The molecule has 4 rings (SSSR count). The highest BCUT2D eigenvalue weighted by atomic mass is 32.1. The number of thiazole rings is 1. The van der Waals surface area contributed by atoms with Gasteiger partial charge < -0.3 is 9.30 Å². The van der Waals surface area contributed by atoms with Crippen LogP contribution < -0.4 is 9.70 Å². The van der Waals surface area contributed by atoms with Crippen LogP contribution in [-0.4, -0.2) is 40.3 Å². The van der Waals surface area contributed by atoms with E-state index >= 15 is 0 Å². The van der Waals surface area contributed by atoms with Crippen molar-refractivity contribution in [2.45, 2.75) is 19.4 Å². The number of hydrogen-bond donors (Lipinski definition) is 0. The number of fused-ring (bicyclic) bond motifs is 1. The maximum atomic E-state index is 12.9. The SMILES string of the molecule is COC(=O)Cn1c(=NC(=O)c2cccc(N3C(=O)CCC3=O)c2)sc2cc([N+](=O)[O-])ccc21. The molecule has 1 fully saturated rings. The van der Waals surface area contributed by atoms with Crippen LogP contribution in [0.15, 0.2) is 47.5 Å². The van der Waals surface area contributed by atoms with Gasteiger partial charge in [-0.1, -0.05) is 17.4 Å². The van der Waals surface area contributed by atoms with E-state index in [0.717, 1.165) is 16.2 Å². The molecular weight excluding hydrogens is 452 g/mol. The highest BCUT2D eigenvalue weighted by molar-refractivity contribution is 7.16. The predicted octanol–water partition coefficient (Wildman–Crippen LogP) is 2.18. The molecule has 0 unspecified atom stereocenters. The average Bonchev–Trinajstić information content (AvgIpc) is 3.31. The quantitative estimate of drug-likeness (QED) is 0.242. The van der Waals surface area contributed by atoms with Gasteiger partial charge in [0.15, 0.2) is 4.80 Å². The zero-order chi connectivity index (χ0) is 23.7. The molecule has 12 heteroatoms. The topological polar surface area (TPSA) is 141 Å². The lowest BCUT2D eigenvalue weighted by molar-refractivity contribution is -0.384. The lowest BCUT2D eigenvalue weighted by atomic mass is 10.2. The zero-order valence-electron chi connectivity index (χ0n) is 17.2. The summed E-state index contributed by atoms with van der Waals surface area (Å²) in [6.45, 7) is -0.253. The first kappa shape index (κ1) is 22.0. The van der Waals surface area contributed by atoms with Crippen LogP contribution in [0.5, 0.6) is 0 Å². The van der Waals surface area contributed by atoms with E-state index in [1.54, 1.807) is 6.07 Å². The van der Waals surface area contributed by atoms with Gasteiger partial charge in [-0.15, -0.1) is 0 Å². The monoisotopic (exact) mass is 468 g/mol. The number of ether oxygens (including phenoxy) is 1. The number of benzene rings is 2. The largest absolute Gasteiger partial charge is 0.468 e. The molecule has 0 saturated carbocycles. The van der Waals surface area contributed by atoms with Gasteiger partial charge in [-0.05, 0) is 24.3 Å². The molecule has 2 aromatic carbocycles. The van der Waals surface area contributed by atoms with E-state index in [-0.39, 0.29) is 52.9 Å². The molecule has 1 aromatic heterocycles. The second-order valence-corrected chi connectivity index (χ2v) is 8.06. The van der Waals surface area contributed by atoms with Crippen molar-refractivity contribution in [3.05, 3.63) is 62.9 Å². The summed E-state index contributed by atoms with van der Waals surface area (Å²) in [5.74, 6) is -1.95. The Bertz CT molecular complexity index is 1390. The molecule has 3 amide bonds. The lowest BCUT2D eigenvalue weighted by Crippen LogP contribution is -2.28. The van der Waals surface area contributed by atoms with Gasteiger partial charge in [0.2, 0.25) is 11.8 Å². The molecule has 2 heterocycles. The number of rotatable bonds is 5. The number of esters is 1. The Hall–Kier alpha value is -4.19. The standard InChI is InChI=1S/C21H16N4O7S/c1-32-19(28)11-23-15-6-5-14(25(30)31)10-16(15)33-21(23)22-20(29)12-3-2-4-13(9-12)24-17(26)7-8-18(24)27/h2-6,9-10H,7-8,11H2,1H3. The summed E-state index contributed by atoms with van der Waals surface area (Å²) >= 11 is 1.01. The molecule has 3 aromatic rings. The van der Waals surface area contributed by atoms with E-state index in [4.69, 9.17) is 4.74 Å². The van der Waals surface area contributed by atoms with Crippen molar-refractivity contribution in [3.8, 4) is 0 Å². The third kappa shape index (κ3) is 4.28. The molecule has 0 aliphatic carbocycles. The Morgan fingerprint density at radius 2 is 1.88 bits per heavy atom. The summed E-state index contributed by atoms with van der Waals surface area (Å²) in [7, 11) is 1.22. The van der Waals surface area contributed by atoms with Gasteiger partial charge in [0.05, 0.1) is 27.9 Å². The maximum absolute atomic E-state index is 12.9. The van der Waals surface area contributed by atoms with Gasteiger partial charge in [0.1, 0.15) is 6.54 Å². The minimum atomic E-state index is -0.671. The number of carbonyl (C=O) groups is 4. The molecule has 0 radical (unpaired) electrons. The number of nitrogens with zero attached hydrogens (tertiary/aromatic N) is 4. The van der Waals surface area contributed by atoms with E-state index in [2.05, 4.69) is 4.99 Å². The molecule has 1 aliphatic heterocycles. The summed E-state index contributed by atoms with van der Waals surface area (Å²) < 4.78 is 6.61. The minimum absolute atomic E-state index is 0.114. The molecule has 1 saturated heterocycles. The second-order valence-electron chi connectivity index (χ2n) is 7.05. The number of hydrogen-bond acceptors (Lipinski definition) is 8. The number of imide groups is 1. The van der Waals surface area contributed by atoms with Crippen molar-refractivity contribution in [2.75, 3.05) is 12.0 Å². The summed E-state index contributed by atoms with van der Waals surface area (Å²) in [6.07, 6.45) is 0.228. The summed E-state index contributed by atoms with van der Waals surface area (Å²) in [4.78, 5) is 64.7. The molecular formula is C21H16N4O7S. The molecule has 0 atom stereocenters. The van der Waals surface area contributed by atoms with E-state index in [1.165, 1.54) is 48.1 Å². The number of anilines is 1. The molecule has 11 nitrogen and oxygen atoms in total. The fourth-order valence-corrected chi connectivity index (χ4v) is 4.46. The van der Waals surface area contributed by atoms with E-state index < -0.39 is 16.8 Å². The summed E-state index contributed by atoms with van der Waals surface area (Å²) in [5, 5.41) is 11.1. The first-order chi connectivity index (χ1) is 15.8. The first-order valence-electron chi connectivity index (χ1n) is 9.68. The number of methoxy groups -OCH3 is 1. The van der Waals surface area contributed by atoms with Crippen molar-refractivity contribution in [1.82, 2.24) is 4.57 Å².